The number of anilines is 3. The monoisotopic (exact) mass is 328 g/mol. The highest BCUT2D eigenvalue weighted by Gasteiger charge is 2.17. The number of nitrogens with one attached hydrogen (secondary N) is 2. The molecule has 0 unspecified atom stereocenters. The lowest BCUT2D eigenvalue weighted by molar-refractivity contribution is 0.103. The highest BCUT2D eigenvalue weighted by atomic mass is 35.5. The largest absolute Gasteiger partial charge is 0.382 e. The first-order chi connectivity index (χ1) is 10.0. The summed E-state index contributed by atoms with van der Waals surface area (Å²) in [5, 5.41) is 6.41. The zero-order chi connectivity index (χ0) is 15.4. The van der Waals surface area contributed by atoms with Crippen molar-refractivity contribution in [1.82, 2.24) is 4.98 Å². The van der Waals surface area contributed by atoms with Crippen LogP contribution in [0.1, 0.15) is 23.0 Å². The lowest BCUT2D eigenvalue weighted by Gasteiger charge is -2.06. The average molecular weight is 329 g/mol. The number of carbonyl (C=O) groups excluding carboxylic acids is 1. The van der Waals surface area contributed by atoms with E-state index in [2.05, 4.69) is 15.6 Å². The fourth-order valence-corrected chi connectivity index (χ4v) is 2.54. The van der Waals surface area contributed by atoms with E-state index in [0.29, 0.717) is 5.13 Å². The zero-order valence-corrected chi connectivity index (χ0v) is 12.8. The Morgan fingerprint density at radius 2 is 2.29 bits per heavy atom. The fraction of sp³-hybridized carbons (Fsp3) is 0.231. The molecule has 8 heteroatoms. The van der Waals surface area contributed by atoms with Gasteiger partial charge in [0.25, 0.3) is 5.91 Å². The van der Waals surface area contributed by atoms with Crippen LogP contribution < -0.4 is 16.4 Å². The van der Waals surface area contributed by atoms with E-state index in [1.54, 1.807) is 0 Å². The Morgan fingerprint density at radius 3 is 3.00 bits per heavy atom. The highest BCUT2D eigenvalue weighted by Crippen LogP contribution is 2.28. The summed E-state index contributed by atoms with van der Waals surface area (Å²) < 4.78 is 13.2. The summed E-state index contributed by atoms with van der Waals surface area (Å²) in [7, 11) is 0. The number of thiazole rings is 1. The van der Waals surface area contributed by atoms with E-state index < -0.39 is 11.7 Å². The Morgan fingerprint density at radius 1 is 1.52 bits per heavy atom. The Balaban J connectivity index is 2.16. The summed E-state index contributed by atoms with van der Waals surface area (Å²) in [5.74, 6) is -0.831. The van der Waals surface area contributed by atoms with Crippen LogP contribution in [0.4, 0.5) is 21.0 Å². The van der Waals surface area contributed by atoms with Gasteiger partial charge in [-0.25, -0.2) is 9.37 Å². The number of amides is 1. The molecule has 0 bridgehead atoms. The van der Waals surface area contributed by atoms with Gasteiger partial charge in [-0.1, -0.05) is 29.9 Å². The van der Waals surface area contributed by atoms with Crippen molar-refractivity contribution < 1.29 is 9.18 Å². The third-order valence-electron chi connectivity index (χ3n) is 2.56. The van der Waals surface area contributed by atoms with Crippen molar-refractivity contribution in [3.63, 3.8) is 0 Å². The Hall–Kier alpha value is -1.86. The van der Waals surface area contributed by atoms with Gasteiger partial charge in [0.1, 0.15) is 16.5 Å². The highest BCUT2D eigenvalue weighted by molar-refractivity contribution is 7.18. The maximum absolute atomic E-state index is 13.2. The van der Waals surface area contributed by atoms with Crippen LogP contribution in [0.15, 0.2) is 18.2 Å². The Kier molecular flexibility index (Phi) is 4.98. The quantitative estimate of drug-likeness (QED) is 0.783. The Bertz CT molecular complexity index is 662. The molecule has 0 spiro atoms. The third-order valence-corrected chi connectivity index (χ3v) is 3.92. The van der Waals surface area contributed by atoms with Crippen LogP contribution >= 0.6 is 22.9 Å². The normalized spacial score (nSPS) is 10.4. The molecular formula is C13H14ClFN4OS. The summed E-state index contributed by atoms with van der Waals surface area (Å²) in [6.07, 6.45) is 0.930. The second-order valence-corrected chi connectivity index (χ2v) is 5.64. The molecule has 112 valence electrons. The molecule has 0 radical (unpaired) electrons. The molecular weight excluding hydrogens is 315 g/mol. The molecule has 1 aromatic carbocycles. The van der Waals surface area contributed by atoms with Crippen molar-refractivity contribution in [3.05, 3.63) is 33.9 Å². The predicted octanol–water partition coefficient (Wildman–Crippen LogP) is 3.59. The molecule has 21 heavy (non-hydrogen) atoms. The average Bonchev–Trinajstić information content (AvgIpc) is 2.82. The zero-order valence-electron chi connectivity index (χ0n) is 11.2. The lowest BCUT2D eigenvalue weighted by Crippen LogP contribution is -2.12. The minimum absolute atomic E-state index is 0.128. The number of rotatable bonds is 5. The molecule has 5 nitrogen and oxygen atoms in total. The molecule has 2 rings (SSSR count). The second kappa shape index (κ2) is 6.73. The number of hydrogen-bond acceptors (Lipinski definition) is 5. The van der Waals surface area contributed by atoms with Crippen molar-refractivity contribution in [2.24, 2.45) is 0 Å². The maximum Gasteiger partial charge on any atom is 0.269 e. The second-order valence-electron chi connectivity index (χ2n) is 4.24. The van der Waals surface area contributed by atoms with Crippen LogP contribution in [0.3, 0.4) is 0 Å². The number of hydrogen-bond donors (Lipinski definition) is 3. The Labute approximate surface area is 130 Å². The first-order valence-electron chi connectivity index (χ1n) is 6.27. The third kappa shape index (κ3) is 3.83. The molecule has 0 aliphatic heterocycles. The lowest BCUT2D eigenvalue weighted by atomic mass is 10.3. The first kappa shape index (κ1) is 15.5. The van der Waals surface area contributed by atoms with Crippen molar-refractivity contribution in [3.8, 4) is 0 Å². The van der Waals surface area contributed by atoms with Crippen LogP contribution in [-0.4, -0.2) is 17.4 Å². The molecule has 0 saturated carbocycles. The van der Waals surface area contributed by atoms with E-state index in [1.165, 1.54) is 12.1 Å². The van der Waals surface area contributed by atoms with Crippen LogP contribution in [-0.2, 0) is 0 Å². The van der Waals surface area contributed by atoms with E-state index in [-0.39, 0.29) is 21.4 Å². The van der Waals surface area contributed by atoms with Gasteiger partial charge in [-0.2, -0.15) is 0 Å². The topological polar surface area (TPSA) is 80.0 Å². The number of nitrogens with zero attached hydrogens (tertiary/aromatic N) is 1. The molecule has 1 amide bonds. The number of aromatic nitrogens is 1. The number of nitrogens with two attached hydrogens (primary N) is 1. The number of nitrogen functional groups attached to an aromatic ring is 1. The molecule has 0 atom stereocenters. The van der Waals surface area contributed by atoms with E-state index in [0.717, 1.165) is 30.4 Å². The van der Waals surface area contributed by atoms with Gasteiger partial charge >= 0.3 is 0 Å². The molecule has 0 saturated heterocycles. The smallest absolute Gasteiger partial charge is 0.269 e. The number of halogens is 2. The summed E-state index contributed by atoms with van der Waals surface area (Å²) in [6, 6.07) is 3.73. The molecule has 4 N–H and O–H groups in total. The molecule has 0 fully saturated rings. The summed E-state index contributed by atoms with van der Waals surface area (Å²) in [6.45, 7) is 2.76. The van der Waals surface area contributed by atoms with Crippen LogP contribution in [0.25, 0.3) is 0 Å². The summed E-state index contributed by atoms with van der Waals surface area (Å²) >= 11 is 7.04. The molecule has 0 aliphatic rings. The number of benzene rings is 1. The van der Waals surface area contributed by atoms with Gasteiger partial charge in [0.2, 0.25) is 0 Å². The van der Waals surface area contributed by atoms with E-state index >= 15 is 0 Å². The van der Waals surface area contributed by atoms with E-state index in [4.69, 9.17) is 17.3 Å². The minimum Gasteiger partial charge on any atom is -0.382 e. The van der Waals surface area contributed by atoms with E-state index in [9.17, 15) is 9.18 Å². The molecule has 1 aromatic heterocycles. The predicted molar refractivity (Wildman–Crippen MR) is 84.7 cm³/mol. The van der Waals surface area contributed by atoms with E-state index in [1.807, 2.05) is 6.92 Å². The van der Waals surface area contributed by atoms with Crippen LogP contribution in [0, 0.1) is 5.82 Å². The fourth-order valence-electron chi connectivity index (χ4n) is 1.57. The van der Waals surface area contributed by atoms with Crippen molar-refractivity contribution >= 4 is 45.5 Å². The molecule has 1 heterocycles. The van der Waals surface area contributed by atoms with Crippen LogP contribution in [0.5, 0.6) is 0 Å². The first-order valence-corrected chi connectivity index (χ1v) is 7.47. The minimum atomic E-state index is -0.489. The maximum atomic E-state index is 13.2. The summed E-state index contributed by atoms with van der Waals surface area (Å²) in [5.41, 5.74) is 5.92. The summed E-state index contributed by atoms with van der Waals surface area (Å²) in [4.78, 5) is 16.5. The van der Waals surface area contributed by atoms with Crippen LogP contribution in [0.2, 0.25) is 5.02 Å². The van der Waals surface area contributed by atoms with Gasteiger partial charge in [0.15, 0.2) is 5.13 Å². The number of carbonyl (C=O) groups is 1. The van der Waals surface area contributed by atoms with Gasteiger partial charge in [-0.15, -0.1) is 0 Å². The van der Waals surface area contributed by atoms with Gasteiger partial charge in [-0.3, -0.25) is 4.79 Å². The molecule has 2 aromatic rings. The van der Waals surface area contributed by atoms with Gasteiger partial charge < -0.3 is 16.4 Å². The van der Waals surface area contributed by atoms with Gasteiger partial charge in [0.05, 0.1) is 10.7 Å². The van der Waals surface area contributed by atoms with Crippen molar-refractivity contribution in [1.29, 1.82) is 0 Å². The van der Waals surface area contributed by atoms with Gasteiger partial charge in [0, 0.05) is 6.54 Å². The van der Waals surface area contributed by atoms with Crippen molar-refractivity contribution in [2.45, 2.75) is 13.3 Å². The van der Waals surface area contributed by atoms with Crippen molar-refractivity contribution in [2.75, 3.05) is 22.9 Å². The SMILES string of the molecule is CCCNc1nc(N)c(C(=O)Nc2cc(F)ccc2Cl)s1. The standard InChI is InChI=1S/C13H14ClFN4OS/c1-2-5-17-13-19-11(16)10(21-13)12(20)18-9-6-7(15)3-4-8(9)14/h3-4,6H,2,5,16H2,1H3,(H,17,19)(H,18,20). The molecule has 0 aliphatic carbocycles. The van der Waals surface area contributed by atoms with Gasteiger partial charge in [-0.05, 0) is 24.6 Å².